The zero-order valence-corrected chi connectivity index (χ0v) is 8.65. The number of rotatable bonds is 2. The van der Waals surface area contributed by atoms with Gasteiger partial charge in [0, 0.05) is 0 Å². The molecule has 1 unspecified atom stereocenters. The Morgan fingerprint density at radius 1 is 1.53 bits per heavy atom. The Hall–Kier alpha value is -1.43. The van der Waals surface area contributed by atoms with Crippen molar-refractivity contribution in [2.24, 2.45) is 27.1 Å². The van der Waals surface area contributed by atoms with Crippen molar-refractivity contribution in [1.29, 1.82) is 0 Å². The van der Waals surface area contributed by atoms with Gasteiger partial charge in [-0.2, -0.15) is 4.99 Å². The van der Waals surface area contributed by atoms with Gasteiger partial charge in [0.05, 0.1) is 11.8 Å². The van der Waals surface area contributed by atoms with Crippen molar-refractivity contribution in [2.75, 3.05) is 0 Å². The first kappa shape index (κ1) is 10.1. The molecule has 0 spiro atoms. The van der Waals surface area contributed by atoms with Crippen molar-refractivity contribution in [3.63, 3.8) is 0 Å². The molecule has 5 nitrogen and oxygen atoms in total. The maximum atomic E-state index is 11.0. The molecule has 2 rings (SSSR count). The molecule has 0 aromatic rings. The minimum Gasteiger partial charge on any atom is -0.481 e. The van der Waals surface area contributed by atoms with Gasteiger partial charge in [0.2, 0.25) is 5.11 Å². The van der Waals surface area contributed by atoms with Gasteiger partial charge in [0.15, 0.2) is 5.84 Å². The van der Waals surface area contributed by atoms with E-state index in [2.05, 4.69) is 15.2 Å². The summed E-state index contributed by atoms with van der Waals surface area (Å²) in [6.45, 7) is 0. The summed E-state index contributed by atoms with van der Waals surface area (Å²) in [6.07, 6.45) is 5.16. The van der Waals surface area contributed by atoms with Gasteiger partial charge >= 0.3 is 5.97 Å². The fourth-order valence-electron chi connectivity index (χ4n) is 1.75. The molecule has 0 fully saturated rings. The number of carboxylic acid groups (broad SMARTS) is 1. The third-order valence-corrected chi connectivity index (χ3v) is 2.66. The van der Waals surface area contributed by atoms with Crippen LogP contribution in [0.4, 0.5) is 0 Å². The monoisotopic (exact) mass is 223 g/mol. The summed E-state index contributed by atoms with van der Waals surface area (Å²) < 4.78 is 0. The first-order valence-corrected chi connectivity index (χ1v) is 5.03. The smallest absolute Gasteiger partial charge is 0.307 e. The van der Waals surface area contributed by atoms with E-state index in [1.165, 1.54) is 0 Å². The molecule has 2 aliphatic rings. The van der Waals surface area contributed by atoms with Gasteiger partial charge < -0.3 is 5.11 Å². The normalized spacial score (nSPS) is 29.3. The van der Waals surface area contributed by atoms with Gasteiger partial charge in [-0.15, -0.1) is 10.2 Å². The maximum Gasteiger partial charge on any atom is 0.307 e. The number of aliphatic imine (C=N–C) groups is 1. The molecule has 1 aliphatic heterocycles. The Balaban J connectivity index is 2.26. The van der Waals surface area contributed by atoms with Crippen LogP contribution in [0.3, 0.4) is 0 Å². The van der Waals surface area contributed by atoms with E-state index < -0.39 is 11.9 Å². The van der Waals surface area contributed by atoms with Crippen LogP contribution in [0.5, 0.6) is 0 Å². The van der Waals surface area contributed by atoms with Crippen LogP contribution in [0.1, 0.15) is 12.8 Å². The minimum atomic E-state index is -0.819. The van der Waals surface area contributed by atoms with Gasteiger partial charge in [0.25, 0.3) is 0 Å². The maximum absolute atomic E-state index is 11.0. The van der Waals surface area contributed by atoms with Crippen LogP contribution in [0.2, 0.25) is 0 Å². The van der Waals surface area contributed by atoms with Crippen LogP contribution >= 0.6 is 12.2 Å². The van der Waals surface area contributed by atoms with Crippen LogP contribution < -0.4 is 0 Å². The van der Waals surface area contributed by atoms with Crippen LogP contribution in [0.25, 0.3) is 0 Å². The molecule has 0 radical (unpaired) electrons. The minimum absolute atomic E-state index is 0.174. The lowest BCUT2D eigenvalue weighted by Gasteiger charge is -2.21. The Morgan fingerprint density at radius 3 is 2.93 bits per heavy atom. The number of aliphatic carboxylic acids is 1. The first-order chi connectivity index (χ1) is 7.18. The predicted octanol–water partition coefficient (Wildman–Crippen LogP) is 1.80. The molecule has 15 heavy (non-hydrogen) atoms. The number of hydrogen-bond donors (Lipinski definition) is 1. The molecule has 1 heterocycles. The van der Waals surface area contributed by atoms with Crippen molar-refractivity contribution in [2.45, 2.75) is 12.8 Å². The van der Waals surface area contributed by atoms with Crippen molar-refractivity contribution >= 4 is 29.1 Å². The summed E-state index contributed by atoms with van der Waals surface area (Å²) in [5, 5.41) is 16.6. The van der Waals surface area contributed by atoms with E-state index in [4.69, 9.17) is 17.3 Å². The average molecular weight is 223 g/mol. The van der Waals surface area contributed by atoms with Crippen molar-refractivity contribution in [3.05, 3.63) is 12.2 Å². The second-order valence-corrected chi connectivity index (χ2v) is 3.79. The SMILES string of the molecule is O=C(O)C1CCC=C[C@@H]1C1=NC(=S)N=N1. The largest absolute Gasteiger partial charge is 0.481 e. The van der Waals surface area contributed by atoms with E-state index in [1.807, 2.05) is 12.2 Å². The lowest BCUT2D eigenvalue weighted by molar-refractivity contribution is -0.142. The van der Waals surface area contributed by atoms with E-state index in [-0.39, 0.29) is 11.0 Å². The second kappa shape index (κ2) is 3.98. The van der Waals surface area contributed by atoms with Crippen LogP contribution in [0, 0.1) is 11.8 Å². The summed E-state index contributed by atoms with van der Waals surface area (Å²) in [4.78, 5) is 15.0. The fraction of sp³-hybridized carbons (Fsp3) is 0.444. The van der Waals surface area contributed by atoms with E-state index in [0.717, 1.165) is 6.42 Å². The predicted molar refractivity (Wildman–Crippen MR) is 57.9 cm³/mol. The highest BCUT2D eigenvalue weighted by Crippen LogP contribution is 2.28. The van der Waals surface area contributed by atoms with E-state index in [9.17, 15) is 4.79 Å². The van der Waals surface area contributed by atoms with Gasteiger partial charge in [-0.3, -0.25) is 4.79 Å². The van der Waals surface area contributed by atoms with E-state index >= 15 is 0 Å². The summed E-state index contributed by atoms with van der Waals surface area (Å²) in [5.74, 6) is -1.16. The van der Waals surface area contributed by atoms with Gasteiger partial charge in [0.1, 0.15) is 0 Å². The van der Waals surface area contributed by atoms with Crippen LogP contribution in [-0.4, -0.2) is 22.0 Å². The van der Waals surface area contributed by atoms with Gasteiger partial charge in [-0.25, -0.2) is 0 Å². The van der Waals surface area contributed by atoms with Crippen LogP contribution in [0.15, 0.2) is 27.4 Å². The molecule has 0 bridgehead atoms. The zero-order chi connectivity index (χ0) is 10.8. The molecule has 0 saturated heterocycles. The summed E-state index contributed by atoms with van der Waals surface area (Å²) in [5.41, 5.74) is 0. The first-order valence-electron chi connectivity index (χ1n) is 4.62. The number of thiocarbonyl (C=S) groups is 1. The van der Waals surface area contributed by atoms with E-state index in [1.54, 1.807) is 0 Å². The standard InChI is InChI=1S/C9H9N3O2S/c13-8(14)6-4-2-1-3-5(6)7-10-9(15)12-11-7/h1,3,5-6H,2,4H2,(H,13,14)/t5-,6?/m0/s1. The fourth-order valence-corrected chi connectivity index (χ4v) is 1.89. The number of amidine groups is 1. The van der Waals surface area contributed by atoms with Gasteiger partial charge in [-0.1, -0.05) is 12.2 Å². The molecule has 0 saturated carbocycles. The summed E-state index contributed by atoms with van der Waals surface area (Å²) in [7, 11) is 0. The number of carbonyl (C=O) groups is 1. The van der Waals surface area contributed by atoms with Gasteiger partial charge in [-0.05, 0) is 25.1 Å². The van der Waals surface area contributed by atoms with E-state index in [0.29, 0.717) is 12.3 Å². The topological polar surface area (TPSA) is 74.4 Å². The van der Waals surface area contributed by atoms with Crippen molar-refractivity contribution in [1.82, 2.24) is 0 Å². The molecular formula is C9H9N3O2S. The summed E-state index contributed by atoms with van der Waals surface area (Å²) >= 11 is 4.75. The number of hydrogen-bond acceptors (Lipinski definition) is 3. The summed E-state index contributed by atoms with van der Waals surface area (Å²) in [6, 6.07) is 0. The number of carboxylic acids is 1. The second-order valence-electron chi connectivity index (χ2n) is 3.43. The molecular weight excluding hydrogens is 214 g/mol. The third-order valence-electron chi connectivity index (χ3n) is 2.48. The molecule has 0 aromatic heterocycles. The Bertz CT molecular complexity index is 400. The Morgan fingerprint density at radius 2 is 2.33 bits per heavy atom. The average Bonchev–Trinajstić information content (AvgIpc) is 2.65. The molecule has 6 heteroatoms. The quantitative estimate of drug-likeness (QED) is 0.573. The number of allylic oxidation sites excluding steroid dienone is 1. The Labute approximate surface area is 91.6 Å². The zero-order valence-electron chi connectivity index (χ0n) is 7.83. The number of azo groups is 1. The number of nitrogens with zero attached hydrogens (tertiary/aromatic N) is 3. The highest BCUT2D eigenvalue weighted by molar-refractivity contribution is 7.80. The Kier molecular flexibility index (Phi) is 2.68. The molecule has 1 aliphatic carbocycles. The molecule has 78 valence electrons. The highest BCUT2D eigenvalue weighted by atomic mass is 32.1. The third kappa shape index (κ3) is 1.99. The highest BCUT2D eigenvalue weighted by Gasteiger charge is 2.33. The molecule has 1 N–H and O–H groups in total. The van der Waals surface area contributed by atoms with Crippen molar-refractivity contribution in [3.8, 4) is 0 Å². The molecule has 0 aromatic carbocycles. The lowest BCUT2D eigenvalue weighted by Crippen LogP contribution is -2.29. The van der Waals surface area contributed by atoms with Crippen molar-refractivity contribution < 1.29 is 9.90 Å². The molecule has 2 atom stereocenters. The van der Waals surface area contributed by atoms with Crippen LogP contribution in [-0.2, 0) is 4.79 Å². The molecule has 0 amide bonds. The lowest BCUT2D eigenvalue weighted by atomic mass is 9.83.